The molecule has 6 heteroatoms. The minimum absolute atomic E-state index is 0.0477. The molecule has 124 valence electrons. The number of halogens is 1. The summed E-state index contributed by atoms with van der Waals surface area (Å²) in [6, 6.07) is 5.27. The largest absolute Gasteiger partial charge is 0.496 e. The lowest BCUT2D eigenvalue weighted by Crippen LogP contribution is -2.41. The van der Waals surface area contributed by atoms with Crippen molar-refractivity contribution in [3.8, 4) is 0 Å². The highest BCUT2D eigenvalue weighted by molar-refractivity contribution is 6.65. The molecule has 0 bridgehead atoms. The number of benzene rings is 1. The molecule has 0 aromatic heterocycles. The van der Waals surface area contributed by atoms with Crippen LogP contribution in [-0.2, 0) is 9.31 Å². The van der Waals surface area contributed by atoms with Gasteiger partial charge in [0.2, 0.25) is 0 Å². The van der Waals surface area contributed by atoms with Crippen molar-refractivity contribution < 1.29 is 14.1 Å². The first-order valence-corrected chi connectivity index (χ1v) is 8.38. The molecule has 0 unspecified atom stereocenters. The van der Waals surface area contributed by atoms with E-state index >= 15 is 0 Å². The van der Waals surface area contributed by atoms with Gasteiger partial charge >= 0.3 is 7.12 Å². The number of amides is 1. The van der Waals surface area contributed by atoms with Gasteiger partial charge in [0.25, 0.3) is 5.91 Å². The van der Waals surface area contributed by atoms with Gasteiger partial charge in [0.15, 0.2) is 0 Å². The van der Waals surface area contributed by atoms with Crippen molar-refractivity contribution in [2.24, 2.45) is 0 Å². The summed E-state index contributed by atoms with van der Waals surface area (Å²) in [5.41, 5.74) is 0.422. The van der Waals surface area contributed by atoms with Crippen LogP contribution in [0.4, 0.5) is 0 Å². The fourth-order valence-electron chi connectivity index (χ4n) is 2.49. The Kier molecular flexibility index (Phi) is 3.82. The Labute approximate surface area is 143 Å². The van der Waals surface area contributed by atoms with Crippen LogP contribution in [0.2, 0.25) is 5.02 Å². The number of rotatable bonds is 3. The van der Waals surface area contributed by atoms with Gasteiger partial charge in [-0.1, -0.05) is 17.7 Å². The molecule has 2 aliphatic rings. The monoisotopic (exact) mass is 335 g/mol. The fourth-order valence-corrected chi connectivity index (χ4v) is 2.76. The van der Waals surface area contributed by atoms with Crippen LogP contribution in [0.5, 0.6) is 0 Å². The van der Waals surface area contributed by atoms with Crippen molar-refractivity contribution in [2.75, 3.05) is 0 Å². The van der Waals surface area contributed by atoms with Crippen LogP contribution in [0.1, 0.15) is 57.8 Å². The molecule has 1 aliphatic carbocycles. The van der Waals surface area contributed by atoms with Gasteiger partial charge in [-0.2, -0.15) is 0 Å². The molecule has 3 rings (SSSR count). The molecule has 0 radical (unpaired) electrons. The first-order valence-electron chi connectivity index (χ1n) is 8.01. The van der Waals surface area contributed by atoms with Crippen molar-refractivity contribution in [3.63, 3.8) is 0 Å². The van der Waals surface area contributed by atoms with E-state index in [-0.39, 0.29) is 11.4 Å². The number of carbonyl (C=O) groups is 1. The topological polar surface area (TPSA) is 47.6 Å². The molecule has 1 aromatic rings. The highest BCUT2D eigenvalue weighted by atomic mass is 35.5. The zero-order valence-corrected chi connectivity index (χ0v) is 15.1. The molecular weight excluding hydrogens is 312 g/mol. The Morgan fingerprint density at radius 1 is 1.13 bits per heavy atom. The summed E-state index contributed by atoms with van der Waals surface area (Å²) < 4.78 is 12.0. The van der Waals surface area contributed by atoms with Gasteiger partial charge in [-0.3, -0.25) is 4.79 Å². The lowest BCUT2D eigenvalue weighted by atomic mass is 9.78. The second-order valence-electron chi connectivity index (χ2n) is 7.84. The summed E-state index contributed by atoms with van der Waals surface area (Å²) >= 11 is 6.39. The van der Waals surface area contributed by atoms with Crippen LogP contribution < -0.4 is 10.8 Å². The smallest absolute Gasteiger partial charge is 0.399 e. The maximum atomic E-state index is 12.3. The van der Waals surface area contributed by atoms with E-state index in [1.807, 2.05) is 40.7 Å². The highest BCUT2D eigenvalue weighted by Gasteiger charge is 2.52. The molecule has 0 spiro atoms. The Balaban J connectivity index is 1.79. The van der Waals surface area contributed by atoms with Crippen molar-refractivity contribution in [1.82, 2.24) is 5.32 Å². The van der Waals surface area contributed by atoms with E-state index in [4.69, 9.17) is 20.9 Å². The summed E-state index contributed by atoms with van der Waals surface area (Å²) in [6.45, 7) is 10.0. The van der Waals surface area contributed by atoms with E-state index in [1.54, 1.807) is 12.1 Å². The minimum Gasteiger partial charge on any atom is -0.399 e. The quantitative estimate of drug-likeness (QED) is 0.864. The molecule has 1 amide bonds. The number of hydrogen-bond donors (Lipinski definition) is 1. The SMILES string of the molecule is CC1(NC(=O)c2ccc(B3OC(C)(C)C(C)(C)O3)c(Cl)c2)CC1. The Morgan fingerprint density at radius 2 is 1.70 bits per heavy atom. The van der Waals surface area contributed by atoms with Crippen molar-refractivity contribution in [2.45, 2.75) is 64.2 Å². The molecule has 1 aromatic carbocycles. The summed E-state index contributed by atoms with van der Waals surface area (Å²) in [6.07, 6.45) is 2.05. The molecule has 1 saturated heterocycles. The Bertz CT molecular complexity index is 639. The van der Waals surface area contributed by atoms with Gasteiger partial charge in [-0.05, 0) is 59.6 Å². The third kappa shape index (κ3) is 3.15. The zero-order chi connectivity index (χ0) is 17.0. The Morgan fingerprint density at radius 3 is 2.17 bits per heavy atom. The van der Waals surface area contributed by atoms with Gasteiger partial charge in [-0.25, -0.2) is 0 Å². The van der Waals surface area contributed by atoms with Crippen molar-refractivity contribution in [3.05, 3.63) is 28.8 Å². The number of hydrogen-bond acceptors (Lipinski definition) is 3. The van der Waals surface area contributed by atoms with E-state index in [0.29, 0.717) is 10.6 Å². The highest BCUT2D eigenvalue weighted by Crippen LogP contribution is 2.37. The average Bonchev–Trinajstić information content (AvgIpc) is 3.08. The third-order valence-corrected chi connectivity index (χ3v) is 5.51. The summed E-state index contributed by atoms with van der Waals surface area (Å²) in [7, 11) is -0.523. The van der Waals surface area contributed by atoms with E-state index < -0.39 is 18.3 Å². The van der Waals surface area contributed by atoms with Gasteiger partial charge in [0.05, 0.1) is 11.2 Å². The predicted molar refractivity (Wildman–Crippen MR) is 92.3 cm³/mol. The summed E-state index contributed by atoms with van der Waals surface area (Å²) in [4.78, 5) is 12.3. The van der Waals surface area contributed by atoms with Crippen LogP contribution in [0.15, 0.2) is 18.2 Å². The number of carbonyl (C=O) groups excluding carboxylic acids is 1. The maximum Gasteiger partial charge on any atom is 0.496 e. The molecule has 1 heterocycles. The van der Waals surface area contributed by atoms with Crippen molar-refractivity contribution >= 4 is 30.1 Å². The zero-order valence-electron chi connectivity index (χ0n) is 14.3. The van der Waals surface area contributed by atoms with Gasteiger partial charge in [-0.15, -0.1) is 0 Å². The second kappa shape index (κ2) is 5.23. The second-order valence-corrected chi connectivity index (χ2v) is 8.25. The molecule has 1 saturated carbocycles. The molecule has 2 fully saturated rings. The Hall–Kier alpha value is -1.04. The first kappa shape index (κ1) is 16.8. The van der Waals surface area contributed by atoms with Crippen LogP contribution in [0, 0.1) is 0 Å². The van der Waals surface area contributed by atoms with Crippen LogP contribution in [-0.4, -0.2) is 29.8 Å². The number of nitrogens with one attached hydrogen (secondary N) is 1. The van der Waals surface area contributed by atoms with Crippen LogP contribution in [0.3, 0.4) is 0 Å². The van der Waals surface area contributed by atoms with Gasteiger partial charge < -0.3 is 14.6 Å². The van der Waals surface area contributed by atoms with E-state index in [9.17, 15) is 4.79 Å². The van der Waals surface area contributed by atoms with Gasteiger partial charge in [0, 0.05) is 21.6 Å². The van der Waals surface area contributed by atoms with E-state index in [1.165, 1.54) is 0 Å². The average molecular weight is 336 g/mol. The van der Waals surface area contributed by atoms with E-state index in [2.05, 4.69) is 5.32 Å². The predicted octanol–water partition coefficient (Wildman–Crippen LogP) is 2.92. The molecule has 0 atom stereocenters. The first-order chi connectivity index (χ1) is 10.5. The standard InChI is InChI=1S/C17H23BClNO3/c1-15(2)16(3,4)23-18(22-15)12-7-6-11(10-13(12)19)14(21)20-17(5)8-9-17/h6-7,10H,8-9H2,1-5H3,(H,20,21). The molecule has 4 nitrogen and oxygen atoms in total. The van der Waals surface area contributed by atoms with E-state index in [0.717, 1.165) is 18.3 Å². The normalized spacial score (nSPS) is 23.7. The molecule has 23 heavy (non-hydrogen) atoms. The van der Waals surface area contributed by atoms with Gasteiger partial charge in [0.1, 0.15) is 0 Å². The fraction of sp³-hybridized carbons (Fsp3) is 0.588. The summed E-state index contributed by atoms with van der Waals surface area (Å²) in [5.74, 6) is -0.0904. The lowest BCUT2D eigenvalue weighted by Gasteiger charge is -2.32. The minimum atomic E-state index is -0.523. The van der Waals surface area contributed by atoms with Crippen molar-refractivity contribution in [1.29, 1.82) is 0 Å². The van der Waals surface area contributed by atoms with Crippen LogP contribution >= 0.6 is 11.6 Å². The van der Waals surface area contributed by atoms with Crippen LogP contribution in [0.25, 0.3) is 0 Å². The maximum absolute atomic E-state index is 12.3. The molecule has 1 N–H and O–H groups in total. The summed E-state index contributed by atoms with van der Waals surface area (Å²) in [5, 5.41) is 3.51. The third-order valence-electron chi connectivity index (χ3n) is 5.19. The molecule has 1 aliphatic heterocycles. The lowest BCUT2D eigenvalue weighted by molar-refractivity contribution is 0.00578. The molecular formula is C17H23BClNO3.